The predicted octanol–water partition coefficient (Wildman–Crippen LogP) is 2.47. The van der Waals surface area contributed by atoms with Crippen molar-refractivity contribution < 1.29 is 13.6 Å². The van der Waals surface area contributed by atoms with Crippen molar-refractivity contribution >= 4 is 11.6 Å². The van der Waals surface area contributed by atoms with E-state index in [0.717, 1.165) is 31.4 Å². The monoisotopic (exact) mass is 254 g/mol. The standard InChI is InChI=1S/C13H16F2N2O/c1-2-3-7-4-11(7)17-13(18)9-5-8(14)6-10(16)12(9)15/h5-7,11H,2-4,16H2,1H3,(H,17,18). The first-order valence-corrected chi connectivity index (χ1v) is 6.08. The molecule has 1 aliphatic carbocycles. The average molecular weight is 254 g/mol. The Labute approximate surface area is 104 Å². The highest BCUT2D eigenvalue weighted by Crippen LogP contribution is 2.34. The van der Waals surface area contributed by atoms with Gasteiger partial charge in [0.1, 0.15) is 5.82 Å². The molecule has 1 saturated carbocycles. The third-order valence-electron chi connectivity index (χ3n) is 3.21. The number of rotatable bonds is 4. The second kappa shape index (κ2) is 4.92. The van der Waals surface area contributed by atoms with E-state index in [0.29, 0.717) is 5.92 Å². The fourth-order valence-corrected chi connectivity index (χ4v) is 2.14. The molecule has 0 spiro atoms. The molecule has 0 radical (unpaired) electrons. The number of nitrogens with two attached hydrogens (primary N) is 1. The summed E-state index contributed by atoms with van der Waals surface area (Å²) in [6.07, 6.45) is 3.00. The van der Waals surface area contributed by atoms with Gasteiger partial charge in [0.05, 0.1) is 11.3 Å². The van der Waals surface area contributed by atoms with Gasteiger partial charge in [0.15, 0.2) is 5.82 Å². The second-order valence-electron chi connectivity index (χ2n) is 4.72. The van der Waals surface area contributed by atoms with Crippen LogP contribution in [-0.2, 0) is 0 Å². The highest BCUT2D eigenvalue weighted by Gasteiger charge is 2.37. The molecule has 18 heavy (non-hydrogen) atoms. The maximum Gasteiger partial charge on any atom is 0.254 e. The summed E-state index contributed by atoms with van der Waals surface area (Å²) in [6.45, 7) is 2.07. The van der Waals surface area contributed by atoms with Crippen LogP contribution >= 0.6 is 0 Å². The highest BCUT2D eigenvalue weighted by atomic mass is 19.1. The molecule has 1 amide bonds. The molecule has 2 atom stereocenters. The van der Waals surface area contributed by atoms with Crippen LogP contribution in [0.4, 0.5) is 14.5 Å². The van der Waals surface area contributed by atoms with Gasteiger partial charge in [-0.1, -0.05) is 13.3 Å². The van der Waals surface area contributed by atoms with Crippen LogP contribution in [0.25, 0.3) is 0 Å². The largest absolute Gasteiger partial charge is 0.396 e. The minimum atomic E-state index is -0.860. The molecule has 3 nitrogen and oxygen atoms in total. The average Bonchev–Trinajstić information content (AvgIpc) is 3.02. The summed E-state index contributed by atoms with van der Waals surface area (Å²) in [7, 11) is 0. The molecule has 3 N–H and O–H groups in total. The second-order valence-corrected chi connectivity index (χ2v) is 4.72. The Morgan fingerprint density at radius 1 is 1.50 bits per heavy atom. The topological polar surface area (TPSA) is 55.1 Å². The molecule has 0 aliphatic heterocycles. The van der Waals surface area contributed by atoms with Crippen molar-refractivity contribution in [2.75, 3.05) is 5.73 Å². The van der Waals surface area contributed by atoms with Crippen molar-refractivity contribution in [3.63, 3.8) is 0 Å². The molecule has 1 fully saturated rings. The number of carbonyl (C=O) groups excluding carboxylic acids is 1. The highest BCUT2D eigenvalue weighted by molar-refractivity contribution is 5.95. The molecule has 2 rings (SSSR count). The molecule has 0 saturated heterocycles. The van der Waals surface area contributed by atoms with E-state index in [-0.39, 0.29) is 17.3 Å². The van der Waals surface area contributed by atoms with Gasteiger partial charge in [-0.3, -0.25) is 4.79 Å². The van der Waals surface area contributed by atoms with Gasteiger partial charge in [-0.2, -0.15) is 0 Å². The Balaban J connectivity index is 2.06. The lowest BCUT2D eigenvalue weighted by Crippen LogP contribution is -2.28. The number of nitrogen functional groups attached to an aromatic ring is 1. The van der Waals surface area contributed by atoms with Crippen LogP contribution in [0.1, 0.15) is 36.5 Å². The van der Waals surface area contributed by atoms with Gasteiger partial charge in [0.2, 0.25) is 0 Å². The zero-order valence-corrected chi connectivity index (χ0v) is 10.2. The Bertz CT molecular complexity index is 476. The Morgan fingerprint density at radius 2 is 2.22 bits per heavy atom. The maximum atomic E-state index is 13.6. The summed E-state index contributed by atoms with van der Waals surface area (Å²) in [6, 6.07) is 1.82. The van der Waals surface area contributed by atoms with Gasteiger partial charge >= 0.3 is 0 Å². The lowest BCUT2D eigenvalue weighted by atomic mass is 10.1. The fraction of sp³-hybridized carbons (Fsp3) is 0.462. The van der Waals surface area contributed by atoms with E-state index in [1.54, 1.807) is 0 Å². The molecular formula is C13H16F2N2O. The molecule has 2 unspecified atom stereocenters. The quantitative estimate of drug-likeness (QED) is 0.811. The Hall–Kier alpha value is -1.65. The summed E-state index contributed by atoms with van der Waals surface area (Å²) in [5.74, 6) is -1.70. The lowest BCUT2D eigenvalue weighted by Gasteiger charge is -2.07. The molecule has 1 aromatic rings. The normalized spacial score (nSPS) is 21.7. The number of anilines is 1. The molecular weight excluding hydrogens is 238 g/mol. The van der Waals surface area contributed by atoms with Crippen molar-refractivity contribution in [2.45, 2.75) is 32.2 Å². The van der Waals surface area contributed by atoms with Crippen LogP contribution in [0.3, 0.4) is 0 Å². The number of carbonyl (C=O) groups is 1. The SMILES string of the molecule is CCCC1CC1NC(=O)c1cc(F)cc(N)c1F. The van der Waals surface area contributed by atoms with Gasteiger partial charge in [-0.15, -0.1) is 0 Å². The van der Waals surface area contributed by atoms with E-state index >= 15 is 0 Å². The first-order valence-electron chi connectivity index (χ1n) is 6.08. The Kier molecular flexibility index (Phi) is 3.50. The molecule has 0 bridgehead atoms. The van der Waals surface area contributed by atoms with Crippen molar-refractivity contribution in [3.05, 3.63) is 29.3 Å². The summed E-state index contributed by atoms with van der Waals surface area (Å²) in [4.78, 5) is 11.8. The third-order valence-corrected chi connectivity index (χ3v) is 3.21. The van der Waals surface area contributed by atoms with Crippen molar-refractivity contribution in [1.29, 1.82) is 0 Å². The number of benzene rings is 1. The summed E-state index contributed by atoms with van der Waals surface area (Å²) >= 11 is 0. The van der Waals surface area contributed by atoms with Crippen LogP contribution < -0.4 is 11.1 Å². The number of amides is 1. The van der Waals surface area contributed by atoms with Gasteiger partial charge in [0.25, 0.3) is 5.91 Å². The molecule has 98 valence electrons. The van der Waals surface area contributed by atoms with E-state index in [9.17, 15) is 13.6 Å². The van der Waals surface area contributed by atoms with Crippen LogP contribution in [0.2, 0.25) is 0 Å². The van der Waals surface area contributed by atoms with E-state index < -0.39 is 17.5 Å². The van der Waals surface area contributed by atoms with Crippen LogP contribution in [0.15, 0.2) is 12.1 Å². The van der Waals surface area contributed by atoms with Crippen molar-refractivity contribution in [2.24, 2.45) is 5.92 Å². The van der Waals surface area contributed by atoms with Crippen LogP contribution in [0, 0.1) is 17.6 Å². The number of hydrogen-bond acceptors (Lipinski definition) is 2. The fourth-order valence-electron chi connectivity index (χ4n) is 2.14. The predicted molar refractivity (Wildman–Crippen MR) is 65.0 cm³/mol. The number of nitrogens with one attached hydrogen (secondary N) is 1. The summed E-state index contributed by atoms with van der Waals surface area (Å²) < 4.78 is 26.7. The maximum absolute atomic E-state index is 13.6. The van der Waals surface area contributed by atoms with E-state index in [1.807, 2.05) is 0 Å². The first-order chi connectivity index (χ1) is 8.52. The van der Waals surface area contributed by atoms with Gasteiger partial charge in [0, 0.05) is 6.04 Å². The van der Waals surface area contributed by atoms with Gasteiger partial charge in [-0.25, -0.2) is 8.78 Å². The summed E-state index contributed by atoms with van der Waals surface area (Å²) in [5.41, 5.74) is 4.62. The number of hydrogen-bond donors (Lipinski definition) is 2. The molecule has 0 heterocycles. The first kappa shape index (κ1) is 12.8. The number of halogens is 2. The minimum Gasteiger partial charge on any atom is -0.396 e. The van der Waals surface area contributed by atoms with E-state index in [1.165, 1.54) is 0 Å². The lowest BCUT2D eigenvalue weighted by molar-refractivity contribution is 0.0944. The molecule has 0 aromatic heterocycles. The smallest absolute Gasteiger partial charge is 0.254 e. The van der Waals surface area contributed by atoms with E-state index in [4.69, 9.17) is 5.73 Å². The van der Waals surface area contributed by atoms with Crippen LogP contribution in [0.5, 0.6) is 0 Å². The minimum absolute atomic E-state index is 0.0846. The van der Waals surface area contributed by atoms with Crippen LogP contribution in [-0.4, -0.2) is 11.9 Å². The van der Waals surface area contributed by atoms with Crippen molar-refractivity contribution in [1.82, 2.24) is 5.32 Å². The zero-order chi connectivity index (χ0) is 13.3. The molecule has 5 heteroatoms. The van der Waals surface area contributed by atoms with Gasteiger partial charge < -0.3 is 11.1 Å². The molecule has 1 aliphatic rings. The van der Waals surface area contributed by atoms with Gasteiger partial charge in [-0.05, 0) is 30.9 Å². The zero-order valence-electron chi connectivity index (χ0n) is 10.2. The third kappa shape index (κ3) is 2.60. The summed E-state index contributed by atoms with van der Waals surface area (Å²) in [5, 5.41) is 2.70. The van der Waals surface area contributed by atoms with E-state index in [2.05, 4.69) is 12.2 Å². The molecule has 1 aromatic carbocycles. The van der Waals surface area contributed by atoms with Crippen molar-refractivity contribution in [3.8, 4) is 0 Å². The Morgan fingerprint density at radius 3 is 2.89 bits per heavy atom.